The molecule has 168 valence electrons. The van der Waals surface area contributed by atoms with E-state index in [1.807, 2.05) is 26.0 Å². The van der Waals surface area contributed by atoms with E-state index < -0.39 is 5.91 Å². The van der Waals surface area contributed by atoms with Crippen molar-refractivity contribution < 1.29 is 19.1 Å². The summed E-state index contributed by atoms with van der Waals surface area (Å²) >= 11 is 0. The zero-order valence-corrected chi connectivity index (χ0v) is 18.7. The van der Waals surface area contributed by atoms with Gasteiger partial charge in [0.2, 0.25) is 0 Å². The molecule has 2 aliphatic rings. The molecule has 1 fully saturated rings. The van der Waals surface area contributed by atoms with Crippen LogP contribution in [0.2, 0.25) is 0 Å². The Bertz CT molecular complexity index is 1180. The molecule has 0 saturated carbocycles. The van der Waals surface area contributed by atoms with Crippen molar-refractivity contribution >= 4 is 23.3 Å². The van der Waals surface area contributed by atoms with Gasteiger partial charge in [0.25, 0.3) is 11.8 Å². The zero-order chi connectivity index (χ0) is 23.5. The summed E-state index contributed by atoms with van der Waals surface area (Å²) in [6.45, 7) is 4.58. The molecule has 2 amide bonds. The van der Waals surface area contributed by atoms with Gasteiger partial charge < -0.3 is 19.7 Å². The van der Waals surface area contributed by atoms with Crippen molar-refractivity contribution in [1.29, 1.82) is 5.26 Å². The van der Waals surface area contributed by atoms with Gasteiger partial charge in [0.15, 0.2) is 0 Å². The Kier molecular flexibility index (Phi) is 6.24. The lowest BCUT2D eigenvalue weighted by Gasteiger charge is -2.35. The molecule has 2 aliphatic heterocycles. The van der Waals surface area contributed by atoms with Gasteiger partial charge in [0.05, 0.1) is 25.0 Å². The van der Waals surface area contributed by atoms with Crippen molar-refractivity contribution in [3.8, 4) is 11.8 Å². The lowest BCUT2D eigenvalue weighted by molar-refractivity contribution is -0.138. The molecule has 2 heterocycles. The average molecular weight is 444 g/mol. The Balaban J connectivity index is 1.67. The van der Waals surface area contributed by atoms with Gasteiger partial charge in [-0.2, -0.15) is 5.26 Å². The number of hydrogen-bond donors (Lipinski definition) is 1. The summed E-state index contributed by atoms with van der Waals surface area (Å²) in [7, 11) is 1.55. The van der Waals surface area contributed by atoms with Crippen molar-refractivity contribution in [2.24, 2.45) is 4.99 Å². The van der Waals surface area contributed by atoms with Gasteiger partial charge in [-0.1, -0.05) is 24.3 Å². The molecule has 8 heteroatoms. The molecule has 1 saturated heterocycles. The topological polar surface area (TPSA) is 104 Å². The van der Waals surface area contributed by atoms with Gasteiger partial charge in [0, 0.05) is 29.8 Å². The number of rotatable bonds is 3. The highest BCUT2D eigenvalue weighted by Crippen LogP contribution is 2.31. The summed E-state index contributed by atoms with van der Waals surface area (Å²) in [5, 5.41) is 12.7. The fraction of sp³-hybridized carbons (Fsp3) is 0.280. The Morgan fingerprint density at radius 3 is 2.33 bits per heavy atom. The third-order valence-electron chi connectivity index (χ3n) is 5.51. The lowest BCUT2D eigenvalue weighted by atomic mass is 10.0. The van der Waals surface area contributed by atoms with E-state index in [4.69, 9.17) is 9.47 Å². The Morgan fingerprint density at radius 1 is 1.09 bits per heavy atom. The number of nitrogens with zero attached hydrogens (tertiary/aromatic N) is 3. The lowest BCUT2D eigenvalue weighted by Crippen LogP contribution is -2.48. The number of morpholine rings is 1. The summed E-state index contributed by atoms with van der Waals surface area (Å²) in [4.78, 5) is 32.2. The molecule has 0 aromatic heterocycles. The minimum atomic E-state index is -0.393. The van der Waals surface area contributed by atoms with Gasteiger partial charge in [-0.25, -0.2) is 4.99 Å². The summed E-state index contributed by atoms with van der Waals surface area (Å²) in [6, 6.07) is 15.9. The number of hydrogen-bond acceptors (Lipinski definition) is 6. The number of amides is 2. The first-order valence-electron chi connectivity index (χ1n) is 10.6. The quantitative estimate of drug-likeness (QED) is 0.579. The van der Waals surface area contributed by atoms with Gasteiger partial charge in [0.1, 0.15) is 23.2 Å². The van der Waals surface area contributed by atoms with E-state index in [2.05, 4.69) is 10.3 Å². The molecular formula is C25H24N4O4. The van der Waals surface area contributed by atoms with Crippen LogP contribution in [-0.2, 0) is 9.53 Å². The van der Waals surface area contributed by atoms with Crippen LogP contribution >= 0.6 is 0 Å². The Hall–Kier alpha value is -3.96. The van der Waals surface area contributed by atoms with Gasteiger partial charge in [-0.05, 0) is 38.1 Å². The highest BCUT2D eigenvalue weighted by Gasteiger charge is 2.32. The van der Waals surface area contributed by atoms with E-state index in [-0.39, 0.29) is 29.4 Å². The first kappa shape index (κ1) is 22.2. The second-order valence-corrected chi connectivity index (χ2v) is 7.99. The van der Waals surface area contributed by atoms with Crippen molar-refractivity contribution in [3.63, 3.8) is 0 Å². The van der Waals surface area contributed by atoms with E-state index >= 15 is 0 Å². The Labute approximate surface area is 192 Å². The molecule has 33 heavy (non-hydrogen) atoms. The molecular weight excluding hydrogens is 420 g/mol. The summed E-state index contributed by atoms with van der Waals surface area (Å²) in [6.07, 6.45) is -0.247. The molecule has 0 aliphatic carbocycles. The predicted octanol–water partition coefficient (Wildman–Crippen LogP) is 2.76. The molecule has 2 atom stereocenters. The number of methoxy groups -OCH3 is 1. The second kappa shape index (κ2) is 9.27. The van der Waals surface area contributed by atoms with Crippen molar-refractivity contribution in [2.75, 3.05) is 20.2 Å². The first-order valence-corrected chi connectivity index (χ1v) is 10.6. The van der Waals surface area contributed by atoms with E-state index in [1.54, 1.807) is 54.5 Å². The van der Waals surface area contributed by atoms with E-state index in [0.717, 1.165) is 0 Å². The van der Waals surface area contributed by atoms with E-state index in [9.17, 15) is 14.9 Å². The fourth-order valence-electron chi connectivity index (χ4n) is 4.04. The number of aliphatic imine (C=N–C) groups is 1. The van der Waals surface area contributed by atoms with Crippen LogP contribution in [0.1, 0.15) is 35.3 Å². The number of nitrogens with one attached hydrogen (secondary N) is 1. The molecule has 2 aromatic rings. The third-order valence-corrected chi connectivity index (χ3v) is 5.51. The Morgan fingerprint density at radius 2 is 1.73 bits per heavy atom. The second-order valence-electron chi connectivity index (χ2n) is 7.99. The van der Waals surface area contributed by atoms with Gasteiger partial charge in [-0.3, -0.25) is 9.59 Å². The molecule has 0 bridgehead atoms. The molecule has 0 radical (unpaired) electrons. The smallest absolute Gasteiger partial charge is 0.266 e. The standard InChI is InChI=1S/C25H24N4O4/c1-15-13-29(14-16(2)33-15)25(31)21(12-26)22-19-6-4-5-7-20(19)23(27-22)28-24(30)17-8-10-18(32-3)11-9-17/h4-11,15-16H,13-14H2,1-3H3,(H,27,28,30)/b22-21-. The predicted molar refractivity (Wildman–Crippen MR) is 123 cm³/mol. The highest BCUT2D eigenvalue weighted by atomic mass is 16.5. The first-order chi connectivity index (χ1) is 15.9. The summed E-state index contributed by atoms with van der Waals surface area (Å²) in [5.74, 6) is 0.193. The summed E-state index contributed by atoms with van der Waals surface area (Å²) in [5.41, 5.74) is 1.91. The van der Waals surface area contributed by atoms with Crippen LogP contribution in [0, 0.1) is 11.3 Å². The molecule has 8 nitrogen and oxygen atoms in total. The number of nitriles is 1. The average Bonchev–Trinajstić information content (AvgIpc) is 3.17. The van der Waals surface area contributed by atoms with Crippen molar-refractivity contribution in [1.82, 2.24) is 10.2 Å². The van der Waals surface area contributed by atoms with E-state index in [1.165, 1.54) is 0 Å². The number of amidine groups is 1. The van der Waals surface area contributed by atoms with Crippen LogP contribution in [0.25, 0.3) is 5.70 Å². The number of carbonyl (C=O) groups is 2. The number of fused-ring (bicyclic) bond motifs is 1. The molecule has 2 unspecified atom stereocenters. The maximum absolute atomic E-state index is 13.2. The van der Waals surface area contributed by atoms with Crippen LogP contribution in [0.15, 0.2) is 59.1 Å². The maximum Gasteiger partial charge on any atom is 0.266 e. The zero-order valence-electron chi connectivity index (χ0n) is 18.7. The minimum Gasteiger partial charge on any atom is -0.497 e. The van der Waals surface area contributed by atoms with Crippen LogP contribution in [0.5, 0.6) is 5.75 Å². The van der Waals surface area contributed by atoms with Crippen LogP contribution in [-0.4, -0.2) is 55.0 Å². The largest absolute Gasteiger partial charge is 0.497 e. The number of benzene rings is 2. The van der Waals surface area contributed by atoms with Gasteiger partial charge >= 0.3 is 0 Å². The van der Waals surface area contributed by atoms with Crippen molar-refractivity contribution in [3.05, 3.63) is 70.8 Å². The van der Waals surface area contributed by atoms with E-state index in [0.29, 0.717) is 41.4 Å². The normalized spacial score (nSPS) is 20.9. The maximum atomic E-state index is 13.2. The monoisotopic (exact) mass is 444 g/mol. The van der Waals surface area contributed by atoms with Crippen LogP contribution in [0.3, 0.4) is 0 Å². The van der Waals surface area contributed by atoms with Gasteiger partial charge in [-0.15, -0.1) is 0 Å². The number of ether oxygens (including phenoxy) is 2. The van der Waals surface area contributed by atoms with Crippen LogP contribution < -0.4 is 10.1 Å². The molecule has 1 N–H and O–H groups in total. The minimum absolute atomic E-state index is 0.0579. The molecule has 0 spiro atoms. The van der Waals surface area contributed by atoms with Crippen LogP contribution in [0.4, 0.5) is 0 Å². The van der Waals surface area contributed by atoms with Crippen molar-refractivity contribution in [2.45, 2.75) is 26.1 Å². The fourth-order valence-corrected chi connectivity index (χ4v) is 4.04. The molecule has 2 aromatic carbocycles. The third kappa shape index (κ3) is 4.49. The summed E-state index contributed by atoms with van der Waals surface area (Å²) < 4.78 is 10.8. The highest BCUT2D eigenvalue weighted by molar-refractivity contribution is 6.20. The number of carbonyl (C=O) groups excluding carboxylic acids is 2. The molecule has 4 rings (SSSR count). The SMILES string of the molecule is COc1ccc(C(=O)NC2=N/C(=C(/C#N)C(=O)N3CC(C)OC(C)C3)c3ccccc32)cc1.